The van der Waals surface area contributed by atoms with E-state index in [4.69, 9.17) is 4.74 Å². The highest BCUT2D eigenvalue weighted by Gasteiger charge is 2.13. The molecule has 0 bridgehead atoms. The number of thioether (sulfide) groups is 1. The van der Waals surface area contributed by atoms with E-state index < -0.39 is 0 Å². The van der Waals surface area contributed by atoms with Crippen molar-refractivity contribution in [3.8, 4) is 0 Å². The lowest BCUT2D eigenvalue weighted by atomic mass is 10.4. The third-order valence-electron chi connectivity index (χ3n) is 1.22. The minimum absolute atomic E-state index is 0.810. The second-order valence-electron chi connectivity index (χ2n) is 1.91. The zero-order valence-electron chi connectivity index (χ0n) is 5.73. The Hall–Kier alpha value is -0.370. The molecule has 0 saturated carbocycles. The molecular weight excluding hydrogens is 132 g/mol. The van der Waals surface area contributed by atoms with Crippen LogP contribution in [0.1, 0.15) is 20.3 Å². The minimum Gasteiger partial charge on any atom is -0.454 e. The van der Waals surface area contributed by atoms with E-state index in [9.17, 15) is 0 Å². The van der Waals surface area contributed by atoms with E-state index in [2.05, 4.69) is 20.4 Å². The molecule has 0 amide bonds. The fourth-order valence-electron chi connectivity index (χ4n) is 0.779. The zero-order valence-corrected chi connectivity index (χ0v) is 6.55. The first kappa shape index (κ1) is 6.75. The van der Waals surface area contributed by atoms with Crippen LogP contribution in [0.25, 0.3) is 0 Å². The molecule has 1 heterocycles. The van der Waals surface area contributed by atoms with Crippen LogP contribution >= 0.6 is 11.8 Å². The molecular formula is C7H10OS. The van der Waals surface area contributed by atoms with Gasteiger partial charge in [-0.2, -0.15) is 0 Å². The Morgan fingerprint density at radius 2 is 2.33 bits per heavy atom. The van der Waals surface area contributed by atoms with E-state index in [1.807, 2.05) is 0 Å². The Bertz CT molecular complexity index is 170. The summed E-state index contributed by atoms with van der Waals surface area (Å²) in [5, 5.41) is 0.810. The largest absolute Gasteiger partial charge is 0.454 e. The number of ether oxygens (including phenoxy) is 1. The molecule has 0 atom stereocenters. The lowest BCUT2D eigenvalue weighted by Crippen LogP contribution is -1.79. The fraction of sp³-hybridized carbons (Fsp3) is 0.429. The lowest BCUT2D eigenvalue weighted by molar-refractivity contribution is 0.333. The van der Waals surface area contributed by atoms with E-state index >= 15 is 0 Å². The van der Waals surface area contributed by atoms with Crippen LogP contribution in [0.4, 0.5) is 0 Å². The van der Waals surface area contributed by atoms with Gasteiger partial charge in [-0.1, -0.05) is 18.7 Å². The summed E-state index contributed by atoms with van der Waals surface area (Å²) >= 11 is 1.62. The van der Waals surface area contributed by atoms with E-state index in [0.29, 0.717) is 0 Å². The SMILES string of the molecule is C=C1OC(CC)=C(C)S1. The summed E-state index contributed by atoms with van der Waals surface area (Å²) < 4.78 is 5.27. The van der Waals surface area contributed by atoms with Gasteiger partial charge in [0.2, 0.25) is 0 Å². The third kappa shape index (κ3) is 1.30. The van der Waals surface area contributed by atoms with Crippen molar-refractivity contribution >= 4 is 11.8 Å². The third-order valence-corrected chi connectivity index (χ3v) is 2.06. The molecule has 0 fully saturated rings. The summed E-state index contributed by atoms with van der Waals surface area (Å²) in [4.78, 5) is 1.25. The van der Waals surface area contributed by atoms with E-state index in [-0.39, 0.29) is 0 Å². The predicted molar refractivity (Wildman–Crippen MR) is 40.8 cm³/mol. The van der Waals surface area contributed by atoms with Gasteiger partial charge in [0.15, 0.2) is 5.09 Å². The Morgan fingerprint density at radius 3 is 2.56 bits per heavy atom. The van der Waals surface area contributed by atoms with Gasteiger partial charge in [0.25, 0.3) is 0 Å². The van der Waals surface area contributed by atoms with Crippen LogP contribution in [0.15, 0.2) is 22.3 Å². The average molecular weight is 142 g/mol. The maximum absolute atomic E-state index is 5.27. The second kappa shape index (κ2) is 2.48. The van der Waals surface area contributed by atoms with Crippen molar-refractivity contribution in [3.05, 3.63) is 22.3 Å². The molecule has 1 aliphatic heterocycles. The van der Waals surface area contributed by atoms with Crippen LogP contribution < -0.4 is 0 Å². The Kier molecular flexibility index (Phi) is 1.86. The molecule has 9 heavy (non-hydrogen) atoms. The topological polar surface area (TPSA) is 9.23 Å². The van der Waals surface area contributed by atoms with Crippen LogP contribution in [0.3, 0.4) is 0 Å². The molecule has 1 aliphatic rings. The van der Waals surface area contributed by atoms with Crippen LogP contribution in [-0.2, 0) is 4.74 Å². The van der Waals surface area contributed by atoms with Crippen LogP contribution in [0.5, 0.6) is 0 Å². The molecule has 0 N–H and O–H groups in total. The molecule has 1 nitrogen and oxygen atoms in total. The maximum atomic E-state index is 5.27. The molecule has 50 valence electrons. The molecule has 0 radical (unpaired) electrons. The monoisotopic (exact) mass is 142 g/mol. The fourth-order valence-corrected chi connectivity index (χ4v) is 1.56. The summed E-state index contributed by atoms with van der Waals surface area (Å²) in [5.74, 6) is 1.07. The lowest BCUT2D eigenvalue weighted by Gasteiger charge is -1.96. The summed E-state index contributed by atoms with van der Waals surface area (Å²) in [5.41, 5.74) is 0. The number of allylic oxidation sites excluding steroid dienone is 2. The number of hydrogen-bond donors (Lipinski definition) is 0. The van der Waals surface area contributed by atoms with Gasteiger partial charge in [0.05, 0.1) is 0 Å². The second-order valence-corrected chi connectivity index (χ2v) is 3.18. The van der Waals surface area contributed by atoms with Gasteiger partial charge in [0, 0.05) is 11.3 Å². The van der Waals surface area contributed by atoms with Crippen LogP contribution in [0, 0.1) is 0 Å². The molecule has 1 rings (SSSR count). The van der Waals surface area contributed by atoms with Gasteiger partial charge < -0.3 is 4.74 Å². The van der Waals surface area contributed by atoms with Crippen molar-refractivity contribution in [2.45, 2.75) is 20.3 Å². The van der Waals surface area contributed by atoms with Crippen LogP contribution in [-0.4, -0.2) is 0 Å². The highest BCUT2D eigenvalue weighted by atomic mass is 32.2. The summed E-state index contributed by atoms with van der Waals surface area (Å²) in [7, 11) is 0. The van der Waals surface area contributed by atoms with Gasteiger partial charge in [-0.3, -0.25) is 0 Å². The Morgan fingerprint density at radius 1 is 1.67 bits per heavy atom. The van der Waals surface area contributed by atoms with Crippen molar-refractivity contribution in [1.82, 2.24) is 0 Å². The zero-order chi connectivity index (χ0) is 6.85. The van der Waals surface area contributed by atoms with Crippen LogP contribution in [0.2, 0.25) is 0 Å². The van der Waals surface area contributed by atoms with Gasteiger partial charge >= 0.3 is 0 Å². The van der Waals surface area contributed by atoms with E-state index in [1.54, 1.807) is 11.8 Å². The first-order chi connectivity index (χ1) is 4.24. The maximum Gasteiger partial charge on any atom is 0.157 e. The smallest absolute Gasteiger partial charge is 0.157 e. The van der Waals surface area contributed by atoms with Gasteiger partial charge in [-0.15, -0.1) is 0 Å². The summed E-state index contributed by atoms with van der Waals surface area (Å²) in [6.07, 6.45) is 0.970. The van der Waals surface area contributed by atoms with Crippen molar-refractivity contribution in [3.63, 3.8) is 0 Å². The van der Waals surface area contributed by atoms with Gasteiger partial charge in [0.1, 0.15) is 5.76 Å². The van der Waals surface area contributed by atoms with Crippen molar-refractivity contribution < 1.29 is 4.74 Å². The standard InChI is InChI=1S/C7H10OS/c1-4-7-5(2)9-6(3)8-7/h3-4H2,1-2H3. The quantitative estimate of drug-likeness (QED) is 0.556. The number of hydrogen-bond acceptors (Lipinski definition) is 2. The highest BCUT2D eigenvalue weighted by molar-refractivity contribution is 8.06. The first-order valence-electron chi connectivity index (χ1n) is 2.98. The number of rotatable bonds is 1. The predicted octanol–water partition coefficient (Wildman–Crippen LogP) is 2.86. The summed E-state index contributed by atoms with van der Waals surface area (Å²) in [6, 6.07) is 0. The van der Waals surface area contributed by atoms with E-state index in [0.717, 1.165) is 17.3 Å². The molecule has 0 saturated heterocycles. The molecule has 0 aliphatic carbocycles. The van der Waals surface area contributed by atoms with Crippen molar-refractivity contribution in [2.75, 3.05) is 0 Å². The average Bonchev–Trinajstić information content (AvgIpc) is 2.10. The molecule has 0 spiro atoms. The first-order valence-corrected chi connectivity index (χ1v) is 3.80. The highest BCUT2D eigenvalue weighted by Crippen LogP contribution is 2.37. The van der Waals surface area contributed by atoms with Crippen molar-refractivity contribution in [2.24, 2.45) is 0 Å². The Balaban J connectivity index is 2.69. The molecule has 2 heteroatoms. The normalized spacial score (nSPS) is 18.7. The molecule has 0 aromatic rings. The Labute approximate surface area is 59.8 Å². The molecule has 0 aromatic heterocycles. The molecule has 0 aromatic carbocycles. The molecule has 0 unspecified atom stereocenters. The van der Waals surface area contributed by atoms with Gasteiger partial charge in [-0.25, -0.2) is 0 Å². The minimum atomic E-state index is 0.810. The summed E-state index contributed by atoms with van der Waals surface area (Å²) in [6.45, 7) is 7.84. The van der Waals surface area contributed by atoms with E-state index in [1.165, 1.54) is 4.91 Å². The van der Waals surface area contributed by atoms with Gasteiger partial charge in [-0.05, 0) is 13.5 Å². The van der Waals surface area contributed by atoms with Crippen molar-refractivity contribution in [1.29, 1.82) is 0 Å².